The van der Waals surface area contributed by atoms with Gasteiger partial charge in [0.25, 0.3) is 0 Å². The molecule has 3 aromatic rings. The molecule has 0 spiro atoms. The van der Waals surface area contributed by atoms with Crippen molar-refractivity contribution in [2.24, 2.45) is 5.41 Å². The number of pyridine rings is 1. The van der Waals surface area contributed by atoms with Crippen LogP contribution in [0.5, 0.6) is 0 Å². The summed E-state index contributed by atoms with van der Waals surface area (Å²) < 4.78 is 1.95. The second-order valence-electron chi connectivity index (χ2n) is 6.36. The number of hydrogen-bond acceptors (Lipinski definition) is 4. The smallest absolute Gasteiger partial charge is 0.226 e. The molecule has 0 bridgehead atoms. The van der Waals surface area contributed by atoms with E-state index in [4.69, 9.17) is 0 Å². The molecule has 3 rings (SSSR count). The molecular weight excluding hydrogens is 296 g/mol. The maximum Gasteiger partial charge on any atom is 0.226 e. The highest BCUT2D eigenvalue weighted by molar-refractivity contribution is 7.13. The monoisotopic (exact) mass is 314 g/mol. The van der Waals surface area contributed by atoms with Crippen LogP contribution in [0.25, 0.3) is 16.3 Å². The Morgan fingerprint density at radius 1 is 1.36 bits per heavy atom. The first-order valence-electron chi connectivity index (χ1n) is 7.11. The normalized spacial score (nSPS) is 11.8. The third-order valence-corrected chi connectivity index (χ3v) is 3.89. The second kappa shape index (κ2) is 5.53. The predicted octanol–water partition coefficient (Wildman–Crippen LogP) is 3.83. The fourth-order valence-corrected chi connectivity index (χ4v) is 2.96. The number of nitrogens with zero attached hydrogens (tertiary/aromatic N) is 3. The molecule has 5 nitrogen and oxygen atoms in total. The van der Waals surface area contributed by atoms with Crippen molar-refractivity contribution in [2.45, 2.75) is 27.2 Å². The topological polar surface area (TPSA) is 59.3 Å². The number of thiazole rings is 1. The number of fused-ring (bicyclic) bond motifs is 1. The number of nitrogens with one attached hydrogen (secondary N) is 1. The van der Waals surface area contributed by atoms with Crippen LogP contribution in [-0.4, -0.2) is 20.3 Å². The molecule has 3 aromatic heterocycles. The number of anilines is 1. The largest absolute Gasteiger partial charge is 0.309 e. The summed E-state index contributed by atoms with van der Waals surface area (Å²) in [6.07, 6.45) is 4.12. The minimum Gasteiger partial charge on any atom is -0.309 e. The lowest BCUT2D eigenvalue weighted by atomic mass is 9.92. The molecule has 0 saturated heterocycles. The molecule has 3 heterocycles. The van der Waals surface area contributed by atoms with Crippen molar-refractivity contribution in [1.82, 2.24) is 14.4 Å². The van der Waals surface area contributed by atoms with Gasteiger partial charge in [0.05, 0.1) is 0 Å². The van der Waals surface area contributed by atoms with Crippen molar-refractivity contribution >= 4 is 28.7 Å². The van der Waals surface area contributed by atoms with Gasteiger partial charge in [0.2, 0.25) is 5.91 Å². The Kier molecular flexibility index (Phi) is 3.70. The summed E-state index contributed by atoms with van der Waals surface area (Å²) >= 11 is 1.53. The number of carbonyl (C=O) groups excluding carboxylic acids is 1. The lowest BCUT2D eigenvalue weighted by molar-refractivity contribution is -0.117. The molecule has 6 heteroatoms. The van der Waals surface area contributed by atoms with Crippen LogP contribution in [0.2, 0.25) is 0 Å². The van der Waals surface area contributed by atoms with E-state index in [9.17, 15) is 4.79 Å². The highest BCUT2D eigenvalue weighted by atomic mass is 32.1. The van der Waals surface area contributed by atoms with E-state index < -0.39 is 0 Å². The highest BCUT2D eigenvalue weighted by Crippen LogP contribution is 2.31. The lowest BCUT2D eigenvalue weighted by Crippen LogP contribution is -2.20. The Bertz CT molecular complexity index is 799. The van der Waals surface area contributed by atoms with Gasteiger partial charge in [0, 0.05) is 24.2 Å². The number of imidazole rings is 1. The van der Waals surface area contributed by atoms with Crippen molar-refractivity contribution < 1.29 is 4.79 Å². The standard InChI is InChI=1S/C16H18N4OS/c1-16(2,3)10-12(21)19-14-13(15-17-7-9-22-15)20-8-5-4-6-11(20)18-14/h4-9H,10H2,1-3H3,(H,19,21). The van der Waals surface area contributed by atoms with Crippen LogP contribution < -0.4 is 5.32 Å². The molecule has 0 atom stereocenters. The molecule has 0 unspecified atom stereocenters. The number of amides is 1. The van der Waals surface area contributed by atoms with Crippen LogP contribution in [-0.2, 0) is 4.79 Å². The first kappa shape index (κ1) is 14.7. The first-order chi connectivity index (χ1) is 10.4. The maximum atomic E-state index is 12.2. The zero-order valence-corrected chi connectivity index (χ0v) is 13.6. The molecule has 0 radical (unpaired) electrons. The van der Waals surface area contributed by atoms with E-state index in [0.29, 0.717) is 12.2 Å². The van der Waals surface area contributed by atoms with Crippen LogP contribution in [0.1, 0.15) is 27.2 Å². The molecule has 1 N–H and O–H groups in total. The van der Waals surface area contributed by atoms with E-state index in [1.54, 1.807) is 6.20 Å². The predicted molar refractivity (Wildman–Crippen MR) is 89.0 cm³/mol. The number of aromatic nitrogens is 3. The van der Waals surface area contributed by atoms with Crippen LogP contribution >= 0.6 is 11.3 Å². The third kappa shape index (κ3) is 3.01. The molecule has 22 heavy (non-hydrogen) atoms. The maximum absolute atomic E-state index is 12.2. The molecule has 0 aliphatic carbocycles. The van der Waals surface area contributed by atoms with Gasteiger partial charge >= 0.3 is 0 Å². The summed E-state index contributed by atoms with van der Waals surface area (Å²) in [7, 11) is 0. The van der Waals surface area contributed by atoms with Gasteiger partial charge in [0.1, 0.15) is 16.3 Å². The Morgan fingerprint density at radius 3 is 2.86 bits per heavy atom. The molecule has 0 saturated carbocycles. The molecule has 0 fully saturated rings. The van der Waals surface area contributed by atoms with Crippen molar-refractivity contribution in [3.63, 3.8) is 0 Å². The second-order valence-corrected chi connectivity index (χ2v) is 7.26. The lowest BCUT2D eigenvalue weighted by Gasteiger charge is -2.16. The van der Waals surface area contributed by atoms with Crippen molar-refractivity contribution in [1.29, 1.82) is 0 Å². The number of carbonyl (C=O) groups is 1. The first-order valence-corrected chi connectivity index (χ1v) is 7.99. The SMILES string of the molecule is CC(C)(C)CC(=O)Nc1nc2ccccn2c1-c1nccs1. The Hall–Kier alpha value is -2.21. The molecule has 114 valence electrons. The summed E-state index contributed by atoms with van der Waals surface area (Å²) in [6.45, 7) is 6.12. The van der Waals surface area contributed by atoms with E-state index in [0.717, 1.165) is 16.3 Å². The summed E-state index contributed by atoms with van der Waals surface area (Å²) in [5.41, 5.74) is 1.55. The summed E-state index contributed by atoms with van der Waals surface area (Å²) in [5, 5.41) is 5.69. The Morgan fingerprint density at radius 2 is 2.18 bits per heavy atom. The van der Waals surface area contributed by atoms with Gasteiger partial charge in [-0.05, 0) is 17.5 Å². The van der Waals surface area contributed by atoms with E-state index in [1.165, 1.54) is 11.3 Å². The average molecular weight is 314 g/mol. The Labute approximate surface area is 133 Å². The van der Waals surface area contributed by atoms with E-state index in [1.807, 2.05) is 54.9 Å². The molecule has 0 aliphatic rings. The van der Waals surface area contributed by atoms with Gasteiger partial charge in [-0.15, -0.1) is 11.3 Å². The molecular formula is C16H18N4OS. The van der Waals surface area contributed by atoms with Gasteiger partial charge in [-0.3, -0.25) is 9.20 Å². The van der Waals surface area contributed by atoms with Gasteiger partial charge in [-0.2, -0.15) is 0 Å². The minimum absolute atomic E-state index is 0.0336. The van der Waals surface area contributed by atoms with Gasteiger partial charge in [0.15, 0.2) is 5.82 Å². The highest BCUT2D eigenvalue weighted by Gasteiger charge is 2.21. The van der Waals surface area contributed by atoms with Gasteiger partial charge < -0.3 is 5.32 Å². The zero-order chi connectivity index (χ0) is 15.7. The van der Waals surface area contributed by atoms with Crippen LogP contribution in [0.3, 0.4) is 0 Å². The Balaban J connectivity index is 2.02. The fourth-order valence-electron chi connectivity index (χ4n) is 2.29. The molecule has 0 aromatic carbocycles. The van der Waals surface area contributed by atoms with E-state index in [-0.39, 0.29) is 11.3 Å². The van der Waals surface area contributed by atoms with E-state index in [2.05, 4.69) is 15.3 Å². The summed E-state index contributed by atoms with van der Waals surface area (Å²) in [4.78, 5) is 21.1. The van der Waals surface area contributed by atoms with Crippen molar-refractivity contribution in [2.75, 3.05) is 5.32 Å². The molecule has 1 amide bonds. The summed E-state index contributed by atoms with van der Waals surface area (Å²) in [5.74, 6) is 0.532. The number of rotatable bonds is 3. The average Bonchev–Trinajstić information content (AvgIpc) is 3.01. The third-order valence-electron chi connectivity index (χ3n) is 3.11. The number of hydrogen-bond donors (Lipinski definition) is 1. The molecule has 0 aliphatic heterocycles. The van der Waals surface area contributed by atoms with Crippen LogP contribution in [0, 0.1) is 5.41 Å². The zero-order valence-electron chi connectivity index (χ0n) is 12.8. The van der Waals surface area contributed by atoms with Crippen LogP contribution in [0.15, 0.2) is 36.0 Å². The summed E-state index contributed by atoms with van der Waals surface area (Å²) in [6, 6.07) is 5.78. The minimum atomic E-state index is -0.0649. The van der Waals surface area contributed by atoms with Crippen LogP contribution in [0.4, 0.5) is 5.82 Å². The van der Waals surface area contributed by atoms with Gasteiger partial charge in [-0.25, -0.2) is 9.97 Å². The fraction of sp³-hybridized carbons (Fsp3) is 0.312. The van der Waals surface area contributed by atoms with Crippen molar-refractivity contribution in [3.05, 3.63) is 36.0 Å². The van der Waals surface area contributed by atoms with E-state index >= 15 is 0 Å². The quantitative estimate of drug-likeness (QED) is 0.799. The van der Waals surface area contributed by atoms with Gasteiger partial charge in [-0.1, -0.05) is 26.8 Å². The van der Waals surface area contributed by atoms with Crippen molar-refractivity contribution in [3.8, 4) is 10.7 Å².